The van der Waals surface area contributed by atoms with Crippen LogP contribution in [0.1, 0.15) is 38.0 Å². The van der Waals surface area contributed by atoms with E-state index in [0.29, 0.717) is 5.56 Å². The summed E-state index contributed by atoms with van der Waals surface area (Å²) in [6.45, 7) is 0.952. The molecule has 0 aromatic heterocycles. The van der Waals surface area contributed by atoms with Crippen LogP contribution in [0.5, 0.6) is 0 Å². The van der Waals surface area contributed by atoms with Crippen molar-refractivity contribution in [3.63, 3.8) is 0 Å². The number of ether oxygens (including phenoxy) is 1. The number of ketones is 1. The fraction of sp³-hybridized carbons (Fsp3) is 0.158. The fourth-order valence-corrected chi connectivity index (χ4v) is 2.63. The first-order valence-electron chi connectivity index (χ1n) is 7.72. The lowest BCUT2D eigenvalue weighted by atomic mass is 10.1. The number of esters is 1. The summed E-state index contributed by atoms with van der Waals surface area (Å²) in [5, 5.41) is 0. The molecule has 2 aromatic carbocycles. The molecular formula is C19H15NO5. The van der Waals surface area contributed by atoms with Gasteiger partial charge in [-0.1, -0.05) is 42.5 Å². The molecule has 3 rings (SSSR count). The first-order chi connectivity index (χ1) is 12.0. The van der Waals surface area contributed by atoms with E-state index in [1.807, 2.05) is 0 Å². The number of carbonyl (C=O) groups is 4. The molecule has 1 aliphatic rings. The van der Waals surface area contributed by atoms with Gasteiger partial charge in [-0.2, -0.15) is 0 Å². The van der Waals surface area contributed by atoms with Gasteiger partial charge in [0.25, 0.3) is 11.8 Å². The predicted molar refractivity (Wildman–Crippen MR) is 88.1 cm³/mol. The monoisotopic (exact) mass is 337 g/mol. The van der Waals surface area contributed by atoms with Crippen LogP contribution < -0.4 is 0 Å². The van der Waals surface area contributed by atoms with E-state index in [2.05, 4.69) is 0 Å². The molecule has 2 aromatic rings. The molecule has 6 nitrogen and oxygen atoms in total. The highest BCUT2D eigenvalue weighted by atomic mass is 16.5. The van der Waals surface area contributed by atoms with Gasteiger partial charge >= 0.3 is 5.97 Å². The third kappa shape index (κ3) is 3.06. The number of hydrogen-bond donors (Lipinski definition) is 0. The van der Waals surface area contributed by atoms with E-state index in [-0.39, 0.29) is 16.9 Å². The minimum absolute atomic E-state index is 0.257. The first-order valence-corrected chi connectivity index (χ1v) is 7.72. The van der Waals surface area contributed by atoms with Gasteiger partial charge in [0, 0.05) is 5.56 Å². The molecule has 0 aliphatic carbocycles. The number of rotatable bonds is 5. The third-order valence-corrected chi connectivity index (χ3v) is 4.00. The van der Waals surface area contributed by atoms with Crippen molar-refractivity contribution >= 4 is 23.6 Å². The van der Waals surface area contributed by atoms with Crippen LogP contribution in [0.2, 0.25) is 0 Å². The highest BCUT2D eigenvalue weighted by Crippen LogP contribution is 2.24. The number of benzene rings is 2. The van der Waals surface area contributed by atoms with Crippen LogP contribution in [0.25, 0.3) is 0 Å². The minimum atomic E-state index is -1.11. The van der Waals surface area contributed by atoms with Gasteiger partial charge in [0.15, 0.2) is 12.4 Å². The Morgan fingerprint density at radius 2 is 1.44 bits per heavy atom. The molecule has 0 fully saturated rings. The largest absolute Gasteiger partial charge is 0.456 e. The Morgan fingerprint density at radius 3 is 2.00 bits per heavy atom. The molecule has 0 saturated heterocycles. The number of Topliss-reactive ketones (excluding diaryl/α,β-unsaturated/α-hetero) is 1. The molecule has 6 heteroatoms. The Hall–Kier alpha value is -3.28. The molecule has 0 unspecified atom stereocenters. The van der Waals surface area contributed by atoms with E-state index in [1.165, 1.54) is 19.1 Å². The maximum Gasteiger partial charge on any atom is 0.329 e. The van der Waals surface area contributed by atoms with E-state index in [4.69, 9.17) is 4.74 Å². The maximum absolute atomic E-state index is 12.3. The second-order valence-electron chi connectivity index (χ2n) is 5.60. The highest BCUT2D eigenvalue weighted by Gasteiger charge is 2.41. The van der Waals surface area contributed by atoms with Crippen molar-refractivity contribution in [3.8, 4) is 0 Å². The summed E-state index contributed by atoms with van der Waals surface area (Å²) in [5.74, 6) is -2.25. The average Bonchev–Trinajstić information content (AvgIpc) is 2.90. The maximum atomic E-state index is 12.3. The van der Waals surface area contributed by atoms with Crippen molar-refractivity contribution in [2.45, 2.75) is 13.0 Å². The van der Waals surface area contributed by atoms with Crippen molar-refractivity contribution in [1.29, 1.82) is 0 Å². The lowest BCUT2D eigenvalue weighted by molar-refractivity contribution is -0.146. The Kier molecular flexibility index (Phi) is 4.43. The van der Waals surface area contributed by atoms with Crippen LogP contribution in [0, 0.1) is 0 Å². The van der Waals surface area contributed by atoms with Crippen molar-refractivity contribution in [2.24, 2.45) is 0 Å². The van der Waals surface area contributed by atoms with Gasteiger partial charge in [-0.3, -0.25) is 19.3 Å². The van der Waals surface area contributed by atoms with E-state index in [9.17, 15) is 19.2 Å². The van der Waals surface area contributed by atoms with Gasteiger partial charge in [0.05, 0.1) is 11.1 Å². The predicted octanol–water partition coefficient (Wildman–Crippen LogP) is 2.10. The number of carbonyl (C=O) groups excluding carboxylic acids is 4. The highest BCUT2D eigenvalue weighted by molar-refractivity contribution is 6.22. The molecule has 1 aliphatic heterocycles. The molecule has 1 heterocycles. The van der Waals surface area contributed by atoms with Gasteiger partial charge in [-0.25, -0.2) is 4.79 Å². The van der Waals surface area contributed by atoms with Gasteiger partial charge in [-0.15, -0.1) is 0 Å². The fourth-order valence-electron chi connectivity index (χ4n) is 2.63. The standard InChI is InChI=1S/C19H15NO5/c1-12(19(24)25-11-16(21)13-7-3-2-4-8-13)20-17(22)14-9-5-6-10-15(14)18(20)23/h2-10,12H,11H2,1H3/t12-/m1/s1. The Balaban J connectivity index is 1.67. The quantitative estimate of drug-likeness (QED) is 0.474. The number of hydrogen-bond acceptors (Lipinski definition) is 5. The molecule has 2 amide bonds. The molecule has 25 heavy (non-hydrogen) atoms. The molecule has 0 radical (unpaired) electrons. The van der Waals surface area contributed by atoms with Gasteiger partial charge in [-0.05, 0) is 19.1 Å². The summed E-state index contributed by atoms with van der Waals surface area (Å²) < 4.78 is 4.99. The molecule has 0 bridgehead atoms. The van der Waals surface area contributed by atoms with Crippen molar-refractivity contribution < 1.29 is 23.9 Å². The van der Waals surface area contributed by atoms with Crippen LogP contribution in [-0.2, 0) is 9.53 Å². The summed E-state index contributed by atoms with van der Waals surface area (Å²) >= 11 is 0. The summed E-state index contributed by atoms with van der Waals surface area (Å²) in [6, 6.07) is 13.7. The second-order valence-corrected chi connectivity index (χ2v) is 5.60. The average molecular weight is 337 g/mol. The zero-order valence-electron chi connectivity index (χ0n) is 13.5. The van der Waals surface area contributed by atoms with Crippen molar-refractivity contribution in [2.75, 3.05) is 6.61 Å². The van der Waals surface area contributed by atoms with Crippen LogP contribution in [0.15, 0.2) is 54.6 Å². The van der Waals surface area contributed by atoms with Crippen LogP contribution in [0.3, 0.4) is 0 Å². The van der Waals surface area contributed by atoms with Crippen molar-refractivity contribution in [3.05, 3.63) is 71.3 Å². The first kappa shape index (κ1) is 16.6. The summed E-state index contributed by atoms with van der Waals surface area (Å²) in [6.07, 6.45) is 0. The van der Waals surface area contributed by atoms with Gasteiger partial charge in [0.1, 0.15) is 6.04 Å². The SMILES string of the molecule is C[C@H](C(=O)OCC(=O)c1ccccc1)N1C(=O)c2ccccc2C1=O. The Morgan fingerprint density at radius 1 is 0.920 bits per heavy atom. The second kappa shape index (κ2) is 6.68. The Labute approximate surface area is 144 Å². The normalized spacial score (nSPS) is 14.2. The molecule has 126 valence electrons. The number of fused-ring (bicyclic) bond motifs is 1. The lowest BCUT2D eigenvalue weighted by Gasteiger charge is -2.20. The van der Waals surface area contributed by atoms with Gasteiger partial charge in [0.2, 0.25) is 0 Å². The zero-order chi connectivity index (χ0) is 18.0. The molecular weight excluding hydrogens is 322 g/mol. The zero-order valence-corrected chi connectivity index (χ0v) is 13.5. The van der Waals surface area contributed by atoms with Crippen molar-refractivity contribution in [1.82, 2.24) is 4.90 Å². The molecule has 0 N–H and O–H groups in total. The summed E-state index contributed by atoms with van der Waals surface area (Å²) in [4.78, 5) is 49.7. The van der Waals surface area contributed by atoms with E-state index < -0.39 is 30.4 Å². The van der Waals surface area contributed by atoms with E-state index in [0.717, 1.165) is 4.90 Å². The summed E-state index contributed by atoms with van der Waals surface area (Å²) in [7, 11) is 0. The number of imide groups is 1. The van der Waals surface area contributed by atoms with Crippen LogP contribution in [-0.4, -0.2) is 41.1 Å². The summed E-state index contributed by atoms with van der Waals surface area (Å²) in [5.41, 5.74) is 0.934. The van der Waals surface area contributed by atoms with E-state index in [1.54, 1.807) is 42.5 Å². The van der Waals surface area contributed by atoms with Crippen LogP contribution >= 0.6 is 0 Å². The Bertz CT molecular complexity index is 824. The molecule has 0 saturated carbocycles. The van der Waals surface area contributed by atoms with E-state index >= 15 is 0 Å². The van der Waals surface area contributed by atoms with Crippen LogP contribution in [0.4, 0.5) is 0 Å². The lowest BCUT2D eigenvalue weighted by Crippen LogP contribution is -2.44. The smallest absolute Gasteiger partial charge is 0.329 e. The molecule has 0 spiro atoms. The number of amides is 2. The number of nitrogens with zero attached hydrogens (tertiary/aromatic N) is 1. The van der Waals surface area contributed by atoms with Gasteiger partial charge < -0.3 is 4.74 Å². The molecule has 1 atom stereocenters. The third-order valence-electron chi connectivity index (χ3n) is 4.00. The topological polar surface area (TPSA) is 80.8 Å². The minimum Gasteiger partial charge on any atom is -0.456 e.